The molecule has 0 aliphatic rings. The maximum Gasteiger partial charge on any atom is 0.0620 e. The van der Waals surface area contributed by atoms with E-state index in [1.807, 2.05) is 0 Å². The summed E-state index contributed by atoms with van der Waals surface area (Å²) in [6, 6.07) is 69.5. The number of rotatable bonds is 5. The molecule has 0 aliphatic heterocycles. The molecule has 8 heterocycles. The van der Waals surface area contributed by atoms with Gasteiger partial charge in [-0.2, -0.15) is 0 Å². The van der Waals surface area contributed by atoms with E-state index in [4.69, 9.17) is 0 Å². The molecule has 20 rings (SSSR count). The molecular weight excluding hydrogens is 1260 g/mol. The summed E-state index contributed by atoms with van der Waals surface area (Å²) in [5.74, 6) is 0. The van der Waals surface area contributed by atoms with Crippen molar-refractivity contribution in [3.8, 4) is 0 Å². The summed E-state index contributed by atoms with van der Waals surface area (Å²) in [5, 5.41) is 26.8. The molecule has 4 heteroatoms. The lowest BCUT2D eigenvalue weighted by Gasteiger charge is -2.32. The minimum Gasteiger partial charge on any atom is -0.308 e. The second-order valence-electron chi connectivity index (χ2n) is 39.8. The van der Waals surface area contributed by atoms with E-state index in [-0.39, 0.29) is 43.3 Å². The Balaban J connectivity index is 0.687. The van der Waals surface area contributed by atoms with E-state index >= 15 is 0 Å². The first kappa shape index (κ1) is 64.0. The zero-order valence-electron chi connectivity index (χ0n) is 65.4. The Morgan fingerprint density at radius 1 is 0.183 bits per heavy atom. The van der Waals surface area contributed by atoms with Crippen molar-refractivity contribution in [2.75, 3.05) is 0 Å². The number of hydrogen-bond donors (Lipinski definition) is 0. The second kappa shape index (κ2) is 19.8. The van der Waals surface area contributed by atoms with Gasteiger partial charge in [0.25, 0.3) is 0 Å². The summed E-state index contributed by atoms with van der Waals surface area (Å²) >= 11 is 0. The number of nitrogens with zero attached hydrogens (tertiary/aromatic N) is 4. The van der Waals surface area contributed by atoms with E-state index in [2.05, 4.69) is 340 Å². The van der Waals surface area contributed by atoms with Crippen LogP contribution in [0.3, 0.4) is 0 Å². The standard InChI is InChI=1S/C100H98N4/c1-93(2,3)55-23-29-79-68(42-55)75-49-61(97(13,14)15)51-77-87-63-28-34-84-88(64(63)27-33-83(87)101(79)91(75)77)78-52-62(98(16,17)18)50-76-70-44-57(25-31-80(70)102(84)92(76)78)99(19,20)35-36-100(21,22)58-26-32-82-69(43-58)74-48-60(96(10,11)12)46-72-66-38-53-39-85-65(37-54(53)40-86(66)104(82)90(72)74)71-45-59(95(7,8)9)47-73-67-41-56(94(4,5)6)24-30-81(67)103(85)89(71)73/h23-34,37-52H,35-36H2,1-22H3. The highest BCUT2D eigenvalue weighted by Gasteiger charge is 2.34. The molecule has 0 saturated carbocycles. The lowest BCUT2D eigenvalue weighted by molar-refractivity contribution is 0.375. The van der Waals surface area contributed by atoms with Crippen molar-refractivity contribution < 1.29 is 0 Å². The van der Waals surface area contributed by atoms with Crippen molar-refractivity contribution in [3.63, 3.8) is 0 Å². The van der Waals surface area contributed by atoms with Gasteiger partial charge in [-0.25, -0.2) is 0 Å². The van der Waals surface area contributed by atoms with Crippen LogP contribution in [-0.4, -0.2) is 17.6 Å². The first-order valence-corrected chi connectivity index (χ1v) is 38.6. The quantitative estimate of drug-likeness (QED) is 0.163. The molecule has 0 saturated heterocycles. The molecular formula is C100H98N4. The Kier molecular flexibility index (Phi) is 12.2. The Hall–Kier alpha value is -9.64. The van der Waals surface area contributed by atoms with Crippen LogP contribution in [-0.2, 0) is 43.3 Å². The fourth-order valence-corrected chi connectivity index (χ4v) is 19.3. The number of aromatic nitrogens is 4. The third-order valence-electron chi connectivity index (χ3n) is 25.9. The number of hydrogen-bond acceptors (Lipinski definition) is 0. The molecule has 0 aliphatic carbocycles. The summed E-state index contributed by atoms with van der Waals surface area (Å²) in [6.45, 7) is 52.4. The summed E-state index contributed by atoms with van der Waals surface area (Å²) in [4.78, 5) is 0. The van der Waals surface area contributed by atoms with Crippen LogP contribution in [0.4, 0.5) is 0 Å². The van der Waals surface area contributed by atoms with Gasteiger partial charge in [0.1, 0.15) is 0 Å². The van der Waals surface area contributed by atoms with Gasteiger partial charge in [-0.05, 0) is 256 Å². The van der Waals surface area contributed by atoms with Crippen LogP contribution in [0, 0.1) is 0 Å². The van der Waals surface area contributed by atoms with Gasteiger partial charge >= 0.3 is 0 Å². The Bertz CT molecular complexity index is 7040. The van der Waals surface area contributed by atoms with E-state index in [0.29, 0.717) is 0 Å². The SMILES string of the molecule is CC(C)(C)c1ccc2c(c1)c1cc(C(C)(C)C)cc3c4cc5cc6c(cc5cc4n2c13)c1cc(C(C)(C)C)cc2c3cc(C(C)(C)CCC(C)(C)c4ccc5c(c4)c4cc(C(C)(C)C)cc7c8c9ccc%10c(c9ccc8n5c47)c4cc(C(C)(C)C)cc5c7cc(C(C)(C)C)ccc7n%10c54)ccc3n6c21. The lowest BCUT2D eigenvalue weighted by Crippen LogP contribution is -2.24. The zero-order valence-corrected chi connectivity index (χ0v) is 65.4. The third kappa shape index (κ3) is 8.60. The number of benzene rings is 12. The largest absolute Gasteiger partial charge is 0.308 e. The highest BCUT2D eigenvalue weighted by molar-refractivity contribution is 6.36. The summed E-state index contributed by atoms with van der Waals surface area (Å²) in [7, 11) is 0. The molecule has 0 unspecified atom stereocenters. The molecule has 0 amide bonds. The van der Waals surface area contributed by atoms with E-state index in [9.17, 15) is 0 Å². The van der Waals surface area contributed by atoms with Gasteiger partial charge in [-0.3, -0.25) is 0 Å². The fourth-order valence-electron chi connectivity index (χ4n) is 19.3. The van der Waals surface area contributed by atoms with Crippen molar-refractivity contribution in [1.29, 1.82) is 0 Å². The highest BCUT2D eigenvalue weighted by Crippen LogP contribution is 2.53. The van der Waals surface area contributed by atoms with Crippen LogP contribution >= 0.6 is 0 Å². The van der Waals surface area contributed by atoms with Crippen LogP contribution in [0.15, 0.2) is 170 Å². The van der Waals surface area contributed by atoms with Gasteiger partial charge in [0.2, 0.25) is 0 Å². The van der Waals surface area contributed by atoms with Crippen molar-refractivity contribution in [2.45, 2.75) is 208 Å². The van der Waals surface area contributed by atoms with Crippen LogP contribution in [0.25, 0.3) is 174 Å². The normalized spacial score (nSPS) is 14.3. The third-order valence-corrected chi connectivity index (χ3v) is 25.9. The average molecular weight is 1360 g/mol. The molecule has 4 nitrogen and oxygen atoms in total. The molecule has 518 valence electrons. The second-order valence-corrected chi connectivity index (χ2v) is 39.8. The molecule has 0 spiro atoms. The molecule has 20 aromatic rings. The summed E-state index contributed by atoms with van der Waals surface area (Å²) < 4.78 is 10.4. The molecule has 8 aromatic heterocycles. The summed E-state index contributed by atoms with van der Waals surface area (Å²) in [6.07, 6.45) is 2.08. The first-order chi connectivity index (χ1) is 48.8. The van der Waals surface area contributed by atoms with Gasteiger partial charge in [0, 0.05) is 86.2 Å². The van der Waals surface area contributed by atoms with Crippen molar-refractivity contribution in [1.82, 2.24) is 17.6 Å². The Labute approximate surface area is 610 Å². The van der Waals surface area contributed by atoms with E-state index in [1.165, 1.54) is 218 Å². The van der Waals surface area contributed by atoms with E-state index in [1.54, 1.807) is 0 Å². The van der Waals surface area contributed by atoms with Crippen molar-refractivity contribution in [2.24, 2.45) is 0 Å². The van der Waals surface area contributed by atoms with Crippen LogP contribution < -0.4 is 0 Å². The lowest BCUT2D eigenvalue weighted by atomic mass is 9.72. The minimum absolute atomic E-state index is 0.00688. The maximum absolute atomic E-state index is 2.62. The van der Waals surface area contributed by atoms with E-state index in [0.717, 1.165) is 12.8 Å². The topological polar surface area (TPSA) is 17.6 Å². The molecule has 0 bridgehead atoms. The van der Waals surface area contributed by atoms with Crippen molar-refractivity contribution in [3.05, 3.63) is 214 Å². The first-order valence-electron chi connectivity index (χ1n) is 38.6. The van der Waals surface area contributed by atoms with Crippen LogP contribution in [0.1, 0.15) is 210 Å². The zero-order chi connectivity index (χ0) is 72.6. The summed E-state index contributed by atoms with van der Waals surface area (Å²) in [5.41, 5.74) is 26.4. The van der Waals surface area contributed by atoms with Gasteiger partial charge in [0.15, 0.2) is 0 Å². The molecule has 12 aromatic carbocycles. The molecule has 0 atom stereocenters. The van der Waals surface area contributed by atoms with Crippen molar-refractivity contribution >= 4 is 174 Å². The smallest absolute Gasteiger partial charge is 0.0620 e. The maximum atomic E-state index is 2.62. The van der Waals surface area contributed by atoms with E-state index < -0.39 is 0 Å². The predicted molar refractivity (Wildman–Crippen MR) is 454 cm³/mol. The Morgan fingerprint density at radius 2 is 0.404 bits per heavy atom. The van der Waals surface area contributed by atoms with Gasteiger partial charge in [-0.1, -0.05) is 189 Å². The molecule has 0 fully saturated rings. The average Bonchev–Trinajstić information content (AvgIpc) is 1.53. The molecule has 0 N–H and O–H groups in total. The number of fused-ring (bicyclic) bond motifs is 28. The van der Waals surface area contributed by atoms with Crippen LogP contribution in [0.2, 0.25) is 0 Å². The van der Waals surface area contributed by atoms with Gasteiger partial charge < -0.3 is 17.6 Å². The Morgan fingerprint density at radius 3 is 0.692 bits per heavy atom. The molecule has 0 radical (unpaired) electrons. The minimum atomic E-state index is -0.100. The van der Waals surface area contributed by atoms with Gasteiger partial charge in [-0.15, -0.1) is 0 Å². The molecule has 104 heavy (non-hydrogen) atoms. The van der Waals surface area contributed by atoms with Crippen LogP contribution in [0.5, 0.6) is 0 Å². The van der Waals surface area contributed by atoms with Gasteiger partial charge in [0.05, 0.1) is 66.2 Å². The highest BCUT2D eigenvalue weighted by atomic mass is 14.9. The fraction of sp³-hybridized carbons (Fsp3) is 0.320. The monoisotopic (exact) mass is 1350 g/mol. The predicted octanol–water partition coefficient (Wildman–Crippen LogP) is 28.4.